The van der Waals surface area contributed by atoms with Crippen LogP contribution < -0.4 is 4.31 Å². The minimum absolute atomic E-state index is 0.0885. The number of carbonyl (C=O) groups is 1. The monoisotopic (exact) mass is 312 g/mol. The van der Waals surface area contributed by atoms with E-state index in [1.807, 2.05) is 13.0 Å². The third kappa shape index (κ3) is 3.29. The first-order chi connectivity index (χ1) is 9.61. The Morgan fingerprint density at radius 1 is 1.24 bits per heavy atom. The molecule has 1 saturated heterocycles. The summed E-state index contributed by atoms with van der Waals surface area (Å²) in [6, 6.07) is 7.16. The molecule has 0 unspecified atom stereocenters. The lowest BCUT2D eigenvalue weighted by Crippen LogP contribution is -2.40. The third-order valence-corrected chi connectivity index (χ3v) is 4.79. The Kier molecular flexibility index (Phi) is 3.88. The van der Waals surface area contributed by atoms with Crippen molar-refractivity contribution < 1.29 is 17.9 Å². The van der Waals surface area contributed by atoms with Crippen LogP contribution in [0.2, 0.25) is 0 Å². The average molecular weight is 312 g/mol. The Balaban J connectivity index is 2.26. The van der Waals surface area contributed by atoms with Gasteiger partial charge in [0.25, 0.3) is 0 Å². The number of anilines is 1. The molecular formula is C14H20N2O4S. The highest BCUT2D eigenvalue weighted by Gasteiger charge is 2.42. The molecule has 0 atom stereocenters. The molecule has 1 heterocycles. The number of aryl methyl sites for hydroxylation is 1. The van der Waals surface area contributed by atoms with Gasteiger partial charge in [0.1, 0.15) is 5.60 Å². The highest BCUT2D eigenvalue weighted by atomic mass is 32.2. The van der Waals surface area contributed by atoms with Gasteiger partial charge in [0.15, 0.2) is 0 Å². The minimum Gasteiger partial charge on any atom is -0.443 e. The first kappa shape index (κ1) is 15.6. The predicted molar refractivity (Wildman–Crippen MR) is 80.4 cm³/mol. The number of nitrogens with zero attached hydrogens (tertiary/aromatic N) is 2. The lowest BCUT2D eigenvalue weighted by Gasteiger charge is -2.24. The minimum atomic E-state index is -3.88. The molecule has 0 spiro atoms. The van der Waals surface area contributed by atoms with E-state index in [0.717, 1.165) is 9.87 Å². The van der Waals surface area contributed by atoms with Gasteiger partial charge in [-0.1, -0.05) is 12.1 Å². The van der Waals surface area contributed by atoms with Gasteiger partial charge in [-0.3, -0.25) is 4.31 Å². The topological polar surface area (TPSA) is 66.9 Å². The van der Waals surface area contributed by atoms with Crippen molar-refractivity contribution in [1.29, 1.82) is 0 Å². The van der Waals surface area contributed by atoms with Crippen molar-refractivity contribution in [1.82, 2.24) is 4.31 Å². The highest BCUT2D eigenvalue weighted by Crippen LogP contribution is 2.27. The summed E-state index contributed by atoms with van der Waals surface area (Å²) < 4.78 is 32.1. The maximum absolute atomic E-state index is 12.5. The predicted octanol–water partition coefficient (Wildman–Crippen LogP) is 2.30. The van der Waals surface area contributed by atoms with Crippen LogP contribution in [-0.4, -0.2) is 37.5 Å². The fraction of sp³-hybridized carbons (Fsp3) is 0.500. The van der Waals surface area contributed by atoms with E-state index in [2.05, 4.69) is 0 Å². The molecule has 1 aliphatic heterocycles. The standard InChI is InChI=1S/C14H20N2O4S/c1-11-6-5-7-12(10-11)15-8-9-16(21(15,18)19)13(17)20-14(2,3)4/h5-7,10H,8-9H2,1-4H3. The van der Waals surface area contributed by atoms with E-state index in [0.29, 0.717) is 5.69 Å². The molecule has 0 saturated carbocycles. The molecule has 2 rings (SSSR count). The van der Waals surface area contributed by atoms with Crippen LogP contribution in [0.25, 0.3) is 0 Å². The summed E-state index contributed by atoms with van der Waals surface area (Å²) in [5.41, 5.74) is 0.781. The Hall–Kier alpha value is -1.76. The van der Waals surface area contributed by atoms with Crippen molar-refractivity contribution in [3.8, 4) is 0 Å². The summed E-state index contributed by atoms with van der Waals surface area (Å²) >= 11 is 0. The van der Waals surface area contributed by atoms with Gasteiger partial charge in [-0.2, -0.15) is 12.7 Å². The number of amides is 1. The molecule has 21 heavy (non-hydrogen) atoms. The van der Waals surface area contributed by atoms with Gasteiger partial charge < -0.3 is 4.74 Å². The summed E-state index contributed by atoms with van der Waals surface area (Å²) in [4.78, 5) is 12.0. The van der Waals surface area contributed by atoms with Crippen LogP contribution in [0.4, 0.5) is 10.5 Å². The summed E-state index contributed by atoms with van der Waals surface area (Å²) in [6.45, 7) is 7.30. The molecule has 7 heteroatoms. The second-order valence-corrected chi connectivity index (χ2v) is 7.75. The molecule has 0 aliphatic carbocycles. The van der Waals surface area contributed by atoms with Crippen LogP contribution in [0.5, 0.6) is 0 Å². The van der Waals surface area contributed by atoms with Crippen molar-refractivity contribution >= 4 is 22.0 Å². The molecule has 6 nitrogen and oxygen atoms in total. The quantitative estimate of drug-likeness (QED) is 0.798. The van der Waals surface area contributed by atoms with Crippen molar-refractivity contribution in [3.05, 3.63) is 29.8 Å². The molecule has 0 aromatic heterocycles. The maximum Gasteiger partial charge on any atom is 0.425 e. The smallest absolute Gasteiger partial charge is 0.425 e. The maximum atomic E-state index is 12.5. The van der Waals surface area contributed by atoms with Crippen molar-refractivity contribution in [2.24, 2.45) is 0 Å². The van der Waals surface area contributed by atoms with E-state index in [9.17, 15) is 13.2 Å². The Morgan fingerprint density at radius 2 is 1.90 bits per heavy atom. The van der Waals surface area contributed by atoms with Crippen LogP contribution in [0.1, 0.15) is 26.3 Å². The van der Waals surface area contributed by atoms with Gasteiger partial charge in [0, 0.05) is 0 Å². The van der Waals surface area contributed by atoms with Crippen molar-refractivity contribution in [2.45, 2.75) is 33.3 Å². The summed E-state index contributed by atoms with van der Waals surface area (Å²) in [7, 11) is -3.88. The van der Waals surface area contributed by atoms with Crippen LogP contribution in [0, 0.1) is 6.92 Å². The number of benzene rings is 1. The van der Waals surface area contributed by atoms with Gasteiger partial charge in [-0.15, -0.1) is 0 Å². The first-order valence-corrected chi connectivity index (χ1v) is 8.11. The first-order valence-electron chi connectivity index (χ1n) is 6.71. The molecule has 0 N–H and O–H groups in total. The van der Waals surface area contributed by atoms with E-state index >= 15 is 0 Å². The largest absolute Gasteiger partial charge is 0.443 e. The molecule has 0 bridgehead atoms. The number of rotatable bonds is 1. The average Bonchev–Trinajstić information content (AvgIpc) is 2.62. The number of hydrogen-bond donors (Lipinski definition) is 0. The second kappa shape index (κ2) is 5.22. The zero-order valence-electron chi connectivity index (χ0n) is 12.7. The Bertz CT molecular complexity index is 649. The summed E-state index contributed by atoms with van der Waals surface area (Å²) in [5, 5.41) is 0. The second-order valence-electron chi connectivity index (χ2n) is 5.97. The van der Waals surface area contributed by atoms with Gasteiger partial charge in [-0.05, 0) is 45.4 Å². The van der Waals surface area contributed by atoms with Crippen LogP contribution in [0.15, 0.2) is 24.3 Å². The van der Waals surface area contributed by atoms with Crippen molar-refractivity contribution in [3.63, 3.8) is 0 Å². The molecule has 1 aromatic carbocycles. The van der Waals surface area contributed by atoms with Gasteiger partial charge >= 0.3 is 16.3 Å². The van der Waals surface area contributed by atoms with E-state index in [4.69, 9.17) is 4.74 Å². The molecule has 1 amide bonds. The van der Waals surface area contributed by atoms with Gasteiger partial charge in [-0.25, -0.2) is 4.79 Å². The van der Waals surface area contributed by atoms with Crippen LogP contribution in [0.3, 0.4) is 0 Å². The number of ether oxygens (including phenoxy) is 1. The lowest BCUT2D eigenvalue weighted by molar-refractivity contribution is 0.0405. The fourth-order valence-corrected chi connectivity index (χ4v) is 3.54. The van der Waals surface area contributed by atoms with E-state index < -0.39 is 21.9 Å². The molecule has 1 aromatic rings. The highest BCUT2D eigenvalue weighted by molar-refractivity contribution is 7.91. The van der Waals surface area contributed by atoms with E-state index in [1.54, 1.807) is 39.0 Å². The number of carbonyl (C=O) groups excluding carboxylic acids is 1. The van der Waals surface area contributed by atoms with E-state index in [1.165, 1.54) is 4.31 Å². The molecule has 116 valence electrons. The van der Waals surface area contributed by atoms with E-state index in [-0.39, 0.29) is 13.1 Å². The van der Waals surface area contributed by atoms with Crippen LogP contribution in [-0.2, 0) is 14.9 Å². The molecule has 0 radical (unpaired) electrons. The number of hydrogen-bond acceptors (Lipinski definition) is 4. The SMILES string of the molecule is Cc1cccc(N2CCN(C(=O)OC(C)(C)C)S2(=O)=O)c1. The van der Waals surface area contributed by atoms with Gasteiger partial charge in [0.05, 0.1) is 18.8 Å². The fourth-order valence-electron chi connectivity index (χ4n) is 2.08. The van der Waals surface area contributed by atoms with Crippen LogP contribution >= 0.6 is 0 Å². The molecule has 1 fully saturated rings. The Morgan fingerprint density at radius 3 is 2.48 bits per heavy atom. The zero-order chi connectivity index (χ0) is 15.8. The Labute approximate surface area is 125 Å². The summed E-state index contributed by atoms with van der Waals surface area (Å²) in [6.07, 6.45) is -0.836. The third-order valence-electron chi connectivity index (χ3n) is 2.95. The normalized spacial score (nSPS) is 17.9. The summed E-state index contributed by atoms with van der Waals surface area (Å²) in [5.74, 6) is 0. The van der Waals surface area contributed by atoms with Gasteiger partial charge in [0.2, 0.25) is 0 Å². The zero-order valence-corrected chi connectivity index (χ0v) is 13.5. The lowest BCUT2D eigenvalue weighted by atomic mass is 10.2. The molecule has 1 aliphatic rings. The molecular weight excluding hydrogens is 292 g/mol. The van der Waals surface area contributed by atoms with Crippen molar-refractivity contribution in [2.75, 3.05) is 17.4 Å².